The average Bonchev–Trinajstić information content (AvgIpc) is 2.63. The van der Waals surface area contributed by atoms with Crippen molar-refractivity contribution >= 4 is 21.9 Å². The maximum Gasteiger partial charge on any atom is 0.396 e. The minimum atomic E-state index is -4.57. The van der Waals surface area contributed by atoms with Crippen LogP contribution in [0.4, 0.5) is 25.1 Å². The second kappa shape index (κ2) is 10.2. The first-order valence-corrected chi connectivity index (χ1v) is 11.5. The van der Waals surface area contributed by atoms with Gasteiger partial charge in [0.05, 0.1) is 24.8 Å². The summed E-state index contributed by atoms with van der Waals surface area (Å²) < 4.78 is 66.5. The average molecular weight is 462 g/mol. The molecular weight excluding hydrogens is 435 g/mol. The molecule has 0 radical (unpaired) electrons. The number of nitrogens with one attached hydrogen (secondary N) is 2. The lowest BCUT2D eigenvalue weighted by Crippen LogP contribution is -2.28. The van der Waals surface area contributed by atoms with E-state index in [2.05, 4.69) is 25.0 Å². The van der Waals surface area contributed by atoms with E-state index in [0.29, 0.717) is 6.42 Å². The van der Waals surface area contributed by atoms with E-state index in [1.807, 2.05) is 13.8 Å². The topological polar surface area (TPSA) is 117 Å². The summed E-state index contributed by atoms with van der Waals surface area (Å²) >= 11 is 0. The van der Waals surface area contributed by atoms with Gasteiger partial charge in [-0.25, -0.2) is 8.42 Å². The minimum absolute atomic E-state index is 0.0376. The van der Waals surface area contributed by atoms with Gasteiger partial charge < -0.3 is 10.4 Å². The predicted molar refractivity (Wildman–Crippen MR) is 111 cm³/mol. The molecule has 2 rings (SSSR count). The number of nitrogens with zero attached hydrogens (tertiary/aromatic N) is 3. The summed E-state index contributed by atoms with van der Waals surface area (Å²) in [7, 11) is -3.77. The van der Waals surface area contributed by atoms with Crippen LogP contribution in [0, 0.1) is 5.92 Å². The summed E-state index contributed by atoms with van der Waals surface area (Å²) in [6.45, 7) is 3.62. The van der Waals surface area contributed by atoms with Crippen LogP contribution in [-0.2, 0) is 16.4 Å². The van der Waals surface area contributed by atoms with E-state index in [0.717, 1.165) is 6.26 Å². The monoisotopic (exact) mass is 461 g/mol. The molecule has 2 atom stereocenters. The molecule has 0 saturated carbocycles. The van der Waals surface area contributed by atoms with E-state index in [1.165, 1.54) is 24.3 Å². The second-order valence-corrected chi connectivity index (χ2v) is 9.38. The largest absolute Gasteiger partial charge is 0.396 e. The smallest absolute Gasteiger partial charge is 0.394 e. The molecule has 0 spiro atoms. The van der Waals surface area contributed by atoms with Gasteiger partial charge in [0.15, 0.2) is 0 Å². The van der Waals surface area contributed by atoms with E-state index < -0.39 is 40.5 Å². The molecule has 0 fully saturated rings. The number of aromatic nitrogens is 3. The molecule has 1 aromatic heterocycles. The van der Waals surface area contributed by atoms with E-state index >= 15 is 0 Å². The fourth-order valence-corrected chi connectivity index (χ4v) is 3.43. The summed E-state index contributed by atoms with van der Waals surface area (Å²) in [6.07, 6.45) is -3.77. The van der Waals surface area contributed by atoms with Gasteiger partial charge in [-0.2, -0.15) is 28.1 Å². The molecule has 8 nitrogen and oxygen atoms in total. The molecule has 0 bridgehead atoms. The van der Waals surface area contributed by atoms with Crippen LogP contribution in [0.15, 0.2) is 30.3 Å². The van der Waals surface area contributed by atoms with Crippen LogP contribution in [-0.4, -0.2) is 53.6 Å². The fourth-order valence-electron chi connectivity index (χ4n) is 3.01. The van der Waals surface area contributed by atoms with Crippen molar-refractivity contribution < 1.29 is 26.7 Å². The Hall–Kier alpha value is -2.47. The molecule has 1 aromatic carbocycles. The van der Waals surface area contributed by atoms with E-state index in [4.69, 9.17) is 0 Å². The molecule has 31 heavy (non-hydrogen) atoms. The SMILES string of the molecule is CC(C)CC(CO)Nc1nc(CC(c2ccccc2)C(F)(F)F)nc(NS(C)(=O)=O)n1. The number of anilines is 2. The lowest BCUT2D eigenvalue weighted by molar-refractivity contribution is -0.150. The summed E-state index contributed by atoms with van der Waals surface area (Å²) in [6, 6.07) is 6.87. The Morgan fingerprint density at radius 2 is 1.68 bits per heavy atom. The summed E-state index contributed by atoms with van der Waals surface area (Å²) in [5.74, 6) is -2.43. The first-order chi connectivity index (χ1) is 14.4. The Morgan fingerprint density at radius 3 is 2.19 bits per heavy atom. The van der Waals surface area contributed by atoms with Gasteiger partial charge in [0.1, 0.15) is 5.82 Å². The summed E-state index contributed by atoms with van der Waals surface area (Å²) in [5, 5.41) is 12.4. The zero-order valence-electron chi connectivity index (χ0n) is 17.4. The molecule has 1 heterocycles. The molecule has 2 aromatic rings. The first-order valence-electron chi connectivity index (χ1n) is 9.59. The lowest BCUT2D eigenvalue weighted by atomic mass is 9.95. The molecule has 0 saturated heterocycles. The number of hydrogen-bond donors (Lipinski definition) is 3. The maximum atomic E-state index is 13.7. The third-order valence-corrected chi connectivity index (χ3v) is 4.81. The quantitative estimate of drug-likeness (QED) is 0.498. The predicted octanol–water partition coefficient (Wildman–Crippen LogP) is 2.95. The van der Waals surface area contributed by atoms with Crippen molar-refractivity contribution in [2.75, 3.05) is 22.9 Å². The Labute approximate surface area is 179 Å². The highest BCUT2D eigenvalue weighted by molar-refractivity contribution is 7.91. The number of aliphatic hydroxyl groups is 1. The Kier molecular flexibility index (Phi) is 8.18. The van der Waals surface area contributed by atoms with Crippen molar-refractivity contribution in [1.29, 1.82) is 0 Å². The van der Waals surface area contributed by atoms with Crippen LogP contribution in [0.5, 0.6) is 0 Å². The highest BCUT2D eigenvalue weighted by atomic mass is 32.2. The third-order valence-electron chi connectivity index (χ3n) is 4.25. The van der Waals surface area contributed by atoms with Gasteiger partial charge in [-0.1, -0.05) is 44.2 Å². The standard InChI is InChI=1S/C19H26F3N5O3S/c1-12(2)9-14(11-28)23-17-24-16(25-18(26-17)27-31(3,29)30)10-15(19(20,21)22)13-7-5-4-6-8-13/h4-8,12,14-15,28H,9-11H2,1-3H3,(H2,23,24,25,26,27). The van der Waals surface area contributed by atoms with Crippen molar-refractivity contribution in [3.63, 3.8) is 0 Å². The van der Waals surface area contributed by atoms with E-state index in [-0.39, 0.29) is 29.9 Å². The minimum Gasteiger partial charge on any atom is -0.394 e. The number of rotatable bonds is 10. The molecule has 0 amide bonds. The molecular formula is C19H26F3N5O3S. The normalized spacial score (nSPS) is 14.3. The number of benzene rings is 1. The Bertz CT molecular complexity index is 956. The van der Waals surface area contributed by atoms with Crippen LogP contribution in [0.3, 0.4) is 0 Å². The van der Waals surface area contributed by atoms with Crippen molar-refractivity contribution in [1.82, 2.24) is 15.0 Å². The summed E-state index contributed by atoms with van der Waals surface area (Å²) in [4.78, 5) is 11.9. The van der Waals surface area contributed by atoms with E-state index in [1.54, 1.807) is 6.07 Å². The van der Waals surface area contributed by atoms with Crippen LogP contribution < -0.4 is 10.0 Å². The molecule has 0 aliphatic heterocycles. The highest BCUT2D eigenvalue weighted by Crippen LogP contribution is 2.37. The number of aliphatic hydroxyl groups excluding tert-OH is 1. The number of sulfonamides is 1. The fraction of sp³-hybridized carbons (Fsp3) is 0.526. The van der Waals surface area contributed by atoms with Gasteiger partial charge in [0.25, 0.3) is 0 Å². The van der Waals surface area contributed by atoms with Crippen molar-refractivity contribution in [3.05, 3.63) is 41.7 Å². The highest BCUT2D eigenvalue weighted by Gasteiger charge is 2.41. The molecule has 0 aliphatic rings. The van der Waals surface area contributed by atoms with Gasteiger partial charge >= 0.3 is 6.18 Å². The van der Waals surface area contributed by atoms with Crippen LogP contribution in [0.25, 0.3) is 0 Å². The van der Waals surface area contributed by atoms with Crippen molar-refractivity contribution in [3.8, 4) is 0 Å². The van der Waals surface area contributed by atoms with Gasteiger partial charge in [-0.3, -0.25) is 4.72 Å². The van der Waals surface area contributed by atoms with Gasteiger partial charge in [0.2, 0.25) is 21.9 Å². The lowest BCUT2D eigenvalue weighted by Gasteiger charge is -2.21. The molecule has 12 heteroatoms. The Morgan fingerprint density at radius 1 is 1.06 bits per heavy atom. The molecule has 172 valence electrons. The zero-order valence-corrected chi connectivity index (χ0v) is 18.2. The van der Waals surface area contributed by atoms with Gasteiger partial charge in [0, 0.05) is 6.42 Å². The first kappa shape index (κ1) is 24.8. The molecule has 3 N–H and O–H groups in total. The van der Waals surface area contributed by atoms with Crippen molar-refractivity contribution in [2.45, 2.75) is 44.8 Å². The summed E-state index contributed by atoms with van der Waals surface area (Å²) in [5.41, 5.74) is 0.0376. The Balaban J connectivity index is 2.43. The molecule has 2 unspecified atom stereocenters. The van der Waals surface area contributed by atoms with Crippen LogP contribution >= 0.6 is 0 Å². The van der Waals surface area contributed by atoms with E-state index in [9.17, 15) is 26.7 Å². The molecule has 0 aliphatic carbocycles. The second-order valence-electron chi connectivity index (χ2n) is 7.64. The number of alkyl halides is 3. The van der Waals surface area contributed by atoms with Crippen LogP contribution in [0.2, 0.25) is 0 Å². The number of hydrogen-bond acceptors (Lipinski definition) is 7. The van der Waals surface area contributed by atoms with Crippen molar-refractivity contribution in [2.24, 2.45) is 5.92 Å². The number of halogens is 3. The zero-order chi connectivity index (χ0) is 23.2. The third kappa shape index (κ3) is 8.29. The maximum absolute atomic E-state index is 13.7. The van der Waals surface area contributed by atoms with Crippen LogP contribution in [0.1, 0.15) is 37.6 Å². The van der Waals surface area contributed by atoms with Gasteiger partial charge in [-0.05, 0) is 17.9 Å². The van der Waals surface area contributed by atoms with Gasteiger partial charge in [-0.15, -0.1) is 0 Å².